The molecule has 4 heterocycles. The Hall–Kier alpha value is -3.34. The fraction of sp³-hybridized carbons (Fsp3) is 0.360. The predicted molar refractivity (Wildman–Crippen MR) is 134 cm³/mol. The van der Waals surface area contributed by atoms with Crippen LogP contribution in [0, 0.1) is 5.82 Å². The van der Waals surface area contributed by atoms with Gasteiger partial charge in [0.2, 0.25) is 0 Å². The second kappa shape index (κ2) is 10.3. The third-order valence-corrected chi connectivity index (χ3v) is 6.54. The lowest BCUT2D eigenvalue weighted by molar-refractivity contribution is -0.0403. The topological polar surface area (TPSA) is 101 Å². The Morgan fingerprint density at radius 1 is 1.39 bits per heavy atom. The van der Waals surface area contributed by atoms with Gasteiger partial charge < -0.3 is 34.7 Å². The van der Waals surface area contributed by atoms with Gasteiger partial charge in [0.1, 0.15) is 24.3 Å². The minimum absolute atomic E-state index is 0.0734. The van der Waals surface area contributed by atoms with Gasteiger partial charge in [0.05, 0.1) is 47.6 Å². The van der Waals surface area contributed by atoms with E-state index in [1.807, 2.05) is 7.05 Å². The molecule has 0 spiro atoms. The summed E-state index contributed by atoms with van der Waals surface area (Å²) in [4.78, 5) is 22.7. The van der Waals surface area contributed by atoms with Crippen LogP contribution in [0.2, 0.25) is 5.02 Å². The van der Waals surface area contributed by atoms with E-state index in [1.54, 1.807) is 18.5 Å². The van der Waals surface area contributed by atoms with Crippen LogP contribution in [-0.4, -0.2) is 73.9 Å². The number of nitrogens with one attached hydrogen (secondary N) is 3. The highest BCUT2D eigenvalue weighted by molar-refractivity contribution is 6.32. The maximum atomic E-state index is 14.3. The van der Waals surface area contributed by atoms with Crippen LogP contribution in [0.5, 0.6) is 11.5 Å². The summed E-state index contributed by atoms with van der Waals surface area (Å²) in [5, 5.41) is 6.18. The number of rotatable bonds is 7. The van der Waals surface area contributed by atoms with E-state index in [9.17, 15) is 9.18 Å². The molecule has 1 atom stereocenters. The maximum absolute atomic E-state index is 14.3. The molecule has 2 aliphatic rings. The fourth-order valence-corrected chi connectivity index (χ4v) is 4.84. The van der Waals surface area contributed by atoms with E-state index < -0.39 is 5.82 Å². The second-order valence-corrected chi connectivity index (χ2v) is 9.17. The minimum Gasteiger partial charge on any atom is -0.493 e. The molecule has 190 valence electrons. The van der Waals surface area contributed by atoms with E-state index in [0.29, 0.717) is 60.1 Å². The Labute approximate surface area is 212 Å². The van der Waals surface area contributed by atoms with Crippen molar-refractivity contribution in [2.24, 2.45) is 0 Å². The van der Waals surface area contributed by atoms with Crippen LogP contribution >= 0.6 is 11.6 Å². The first kappa shape index (κ1) is 24.4. The highest BCUT2D eigenvalue weighted by Crippen LogP contribution is 2.43. The van der Waals surface area contributed by atoms with Crippen molar-refractivity contribution < 1.29 is 23.4 Å². The number of amides is 1. The van der Waals surface area contributed by atoms with E-state index in [1.165, 1.54) is 19.2 Å². The van der Waals surface area contributed by atoms with Gasteiger partial charge in [0.25, 0.3) is 5.91 Å². The molecule has 1 fully saturated rings. The molecule has 0 bridgehead atoms. The van der Waals surface area contributed by atoms with Crippen molar-refractivity contribution >= 4 is 28.9 Å². The summed E-state index contributed by atoms with van der Waals surface area (Å²) >= 11 is 6.22. The molecule has 1 amide bonds. The molecule has 1 unspecified atom stereocenters. The van der Waals surface area contributed by atoms with Crippen LogP contribution in [-0.2, 0) is 11.2 Å². The number of ether oxygens (including phenoxy) is 3. The number of benzene rings is 1. The van der Waals surface area contributed by atoms with Gasteiger partial charge in [-0.1, -0.05) is 11.6 Å². The minimum atomic E-state index is -0.538. The number of fused-ring (bicyclic) bond motifs is 1. The van der Waals surface area contributed by atoms with Gasteiger partial charge in [-0.15, -0.1) is 0 Å². The van der Waals surface area contributed by atoms with Crippen LogP contribution in [0.3, 0.4) is 0 Å². The van der Waals surface area contributed by atoms with Gasteiger partial charge in [-0.2, -0.15) is 0 Å². The van der Waals surface area contributed by atoms with Crippen LogP contribution < -0.4 is 20.1 Å². The number of anilines is 2. The average molecular weight is 516 g/mol. The predicted octanol–water partition coefficient (Wildman–Crippen LogP) is 3.62. The number of aromatic nitrogens is 2. The number of H-pyrrole nitrogens is 1. The lowest BCUT2D eigenvalue weighted by atomic mass is 10.0. The number of carbonyl (C=O) groups is 1. The molecule has 2 aromatic heterocycles. The number of nitrogens with zero attached hydrogens (tertiary/aromatic N) is 2. The molecule has 36 heavy (non-hydrogen) atoms. The van der Waals surface area contributed by atoms with Gasteiger partial charge in [-0.05, 0) is 19.2 Å². The van der Waals surface area contributed by atoms with Crippen molar-refractivity contribution in [3.63, 3.8) is 0 Å². The molecule has 3 N–H and O–H groups in total. The molecule has 5 rings (SSSR count). The summed E-state index contributed by atoms with van der Waals surface area (Å²) in [6.07, 6.45) is 3.82. The number of aromatic amines is 1. The first-order chi connectivity index (χ1) is 17.4. The number of carbonyl (C=O) groups excluding carboxylic acids is 1. The maximum Gasteiger partial charge on any atom is 0.255 e. The van der Waals surface area contributed by atoms with Gasteiger partial charge in [0, 0.05) is 49.6 Å². The Morgan fingerprint density at radius 2 is 2.25 bits per heavy atom. The molecule has 2 aliphatic heterocycles. The van der Waals surface area contributed by atoms with Crippen molar-refractivity contribution in [2.75, 3.05) is 52.3 Å². The zero-order valence-electron chi connectivity index (χ0n) is 20.0. The van der Waals surface area contributed by atoms with E-state index in [0.717, 1.165) is 18.8 Å². The number of hydrogen-bond acceptors (Lipinski definition) is 7. The molecular formula is C25H27ClFN5O4. The normalized spacial score (nSPS) is 17.9. The summed E-state index contributed by atoms with van der Waals surface area (Å²) in [5.74, 6) is 0.0162. The third-order valence-electron chi connectivity index (χ3n) is 6.26. The van der Waals surface area contributed by atoms with E-state index in [4.69, 9.17) is 25.8 Å². The van der Waals surface area contributed by atoms with Crippen molar-refractivity contribution in [2.45, 2.75) is 12.5 Å². The van der Waals surface area contributed by atoms with Crippen molar-refractivity contribution in [3.8, 4) is 22.8 Å². The summed E-state index contributed by atoms with van der Waals surface area (Å²) < 4.78 is 31.7. The van der Waals surface area contributed by atoms with Gasteiger partial charge >= 0.3 is 0 Å². The highest BCUT2D eigenvalue weighted by atomic mass is 35.5. The van der Waals surface area contributed by atoms with Crippen molar-refractivity contribution in [1.29, 1.82) is 0 Å². The molecule has 1 saturated heterocycles. The number of morpholine rings is 1. The van der Waals surface area contributed by atoms with E-state index in [-0.39, 0.29) is 22.8 Å². The van der Waals surface area contributed by atoms with Gasteiger partial charge in [0.15, 0.2) is 5.75 Å². The average Bonchev–Trinajstić information content (AvgIpc) is 3.22. The van der Waals surface area contributed by atoms with Crippen LogP contribution in [0.1, 0.15) is 16.1 Å². The monoisotopic (exact) mass is 515 g/mol. The molecular weight excluding hydrogens is 489 g/mol. The van der Waals surface area contributed by atoms with Gasteiger partial charge in [-0.25, -0.2) is 4.39 Å². The zero-order chi connectivity index (χ0) is 25.2. The first-order valence-electron chi connectivity index (χ1n) is 11.6. The second-order valence-electron chi connectivity index (χ2n) is 8.77. The summed E-state index contributed by atoms with van der Waals surface area (Å²) in [6, 6.07) is 4.25. The van der Waals surface area contributed by atoms with Crippen molar-refractivity contribution in [1.82, 2.24) is 20.2 Å². The highest BCUT2D eigenvalue weighted by Gasteiger charge is 2.29. The lowest BCUT2D eigenvalue weighted by Gasteiger charge is -2.30. The molecule has 0 radical (unpaired) electrons. The van der Waals surface area contributed by atoms with Crippen LogP contribution in [0.25, 0.3) is 11.3 Å². The van der Waals surface area contributed by atoms with Gasteiger partial charge in [-0.3, -0.25) is 9.78 Å². The smallest absolute Gasteiger partial charge is 0.255 e. The Kier molecular flexibility index (Phi) is 6.99. The summed E-state index contributed by atoms with van der Waals surface area (Å²) in [6.45, 7) is 3.15. The number of methoxy groups -OCH3 is 1. The molecule has 11 heteroatoms. The largest absolute Gasteiger partial charge is 0.493 e. The number of halogens is 2. The number of likely N-dealkylation sites (N-methyl/N-ethyl adjacent to an activating group) is 1. The van der Waals surface area contributed by atoms with Crippen molar-refractivity contribution in [3.05, 3.63) is 52.7 Å². The standard InChI is InChI=1S/C25H27ClFN5O4/c1-32-7-8-35-15(12-32)13-36-20-11-28-5-3-16(20)22-23(21-18(30-22)4-6-29-25(21)33)31-19-10-14(27)9-17(26)24(19)34-2/h3,5,9-11,15,30-31H,4,6-8,12-13H2,1-2H3,(H,29,33). The molecule has 0 saturated carbocycles. The quantitative estimate of drug-likeness (QED) is 0.442. The summed E-state index contributed by atoms with van der Waals surface area (Å²) in [5.41, 5.74) is 3.27. The Bertz CT molecular complexity index is 1280. The lowest BCUT2D eigenvalue weighted by Crippen LogP contribution is -2.42. The number of hydrogen-bond donors (Lipinski definition) is 3. The Balaban J connectivity index is 1.55. The van der Waals surface area contributed by atoms with E-state index in [2.05, 4.69) is 25.5 Å². The molecule has 1 aromatic carbocycles. The molecule has 0 aliphatic carbocycles. The third kappa shape index (κ3) is 4.84. The summed E-state index contributed by atoms with van der Waals surface area (Å²) in [7, 11) is 3.49. The number of pyridine rings is 1. The van der Waals surface area contributed by atoms with E-state index >= 15 is 0 Å². The first-order valence-corrected chi connectivity index (χ1v) is 12.0. The molecule has 9 nitrogen and oxygen atoms in total. The SMILES string of the molecule is COc1c(Cl)cc(F)cc1Nc1c(-c2ccncc2OCC2CN(C)CCO2)[nH]c2c1C(=O)NCC2. The van der Waals surface area contributed by atoms with Crippen LogP contribution in [0.4, 0.5) is 15.8 Å². The zero-order valence-corrected chi connectivity index (χ0v) is 20.7. The fourth-order valence-electron chi connectivity index (χ4n) is 4.55. The molecule has 3 aromatic rings. The Morgan fingerprint density at radius 3 is 3.06 bits per heavy atom. The van der Waals surface area contributed by atoms with Crippen LogP contribution in [0.15, 0.2) is 30.6 Å².